The number of benzene rings is 1. The SMILES string of the molecule is Cn1c(=O)cc(C(=O)NC(CCOC(C)(C)C)C(=O)O)c2ccccc21. The summed E-state index contributed by atoms with van der Waals surface area (Å²) in [5, 5.41) is 12.5. The van der Waals surface area contributed by atoms with E-state index in [1.54, 1.807) is 31.3 Å². The second-order valence-electron chi connectivity index (χ2n) is 7.09. The van der Waals surface area contributed by atoms with E-state index in [1.165, 1.54) is 10.6 Å². The number of hydrogen-bond donors (Lipinski definition) is 2. The minimum Gasteiger partial charge on any atom is -0.480 e. The van der Waals surface area contributed by atoms with Crippen molar-refractivity contribution in [3.05, 3.63) is 46.2 Å². The van der Waals surface area contributed by atoms with Crippen molar-refractivity contribution in [2.45, 2.75) is 38.8 Å². The number of rotatable bonds is 6. The molecule has 1 aromatic heterocycles. The van der Waals surface area contributed by atoms with Crippen molar-refractivity contribution in [1.82, 2.24) is 9.88 Å². The highest BCUT2D eigenvalue weighted by Crippen LogP contribution is 2.16. The summed E-state index contributed by atoms with van der Waals surface area (Å²) in [4.78, 5) is 36.2. The Morgan fingerprint density at radius 3 is 2.54 bits per heavy atom. The van der Waals surface area contributed by atoms with Gasteiger partial charge in [-0.25, -0.2) is 4.79 Å². The number of carboxylic acid groups (broad SMARTS) is 1. The fourth-order valence-electron chi connectivity index (χ4n) is 2.57. The number of hydrogen-bond acceptors (Lipinski definition) is 4. The molecular weight excluding hydrogens is 336 g/mol. The summed E-state index contributed by atoms with van der Waals surface area (Å²) in [6.45, 7) is 5.80. The number of carbonyl (C=O) groups excluding carboxylic acids is 1. The Morgan fingerprint density at radius 1 is 1.27 bits per heavy atom. The van der Waals surface area contributed by atoms with Gasteiger partial charge in [-0.3, -0.25) is 9.59 Å². The summed E-state index contributed by atoms with van der Waals surface area (Å²) >= 11 is 0. The lowest BCUT2D eigenvalue weighted by Crippen LogP contribution is -2.42. The van der Waals surface area contributed by atoms with Crippen molar-refractivity contribution in [1.29, 1.82) is 0 Å². The average molecular weight is 360 g/mol. The van der Waals surface area contributed by atoms with Crippen LogP contribution < -0.4 is 10.9 Å². The molecule has 0 aliphatic carbocycles. The van der Waals surface area contributed by atoms with Gasteiger partial charge in [0.2, 0.25) is 0 Å². The van der Waals surface area contributed by atoms with Gasteiger partial charge in [-0.05, 0) is 26.8 Å². The van der Waals surface area contributed by atoms with E-state index in [4.69, 9.17) is 4.74 Å². The molecule has 1 aromatic carbocycles. The number of amides is 1. The Balaban J connectivity index is 2.25. The van der Waals surface area contributed by atoms with Crippen LogP contribution in [0.3, 0.4) is 0 Å². The standard InChI is InChI=1S/C19H24N2O5/c1-19(2,3)26-10-9-14(18(24)25)20-17(23)13-11-16(22)21(4)15-8-6-5-7-12(13)15/h5-8,11,14H,9-10H2,1-4H3,(H,20,23)(H,24,25). The van der Waals surface area contributed by atoms with Crippen molar-refractivity contribution in [2.75, 3.05) is 6.61 Å². The van der Waals surface area contributed by atoms with Gasteiger partial charge in [-0.2, -0.15) is 0 Å². The quantitative estimate of drug-likeness (QED) is 0.820. The van der Waals surface area contributed by atoms with Gasteiger partial charge in [0, 0.05) is 31.5 Å². The van der Waals surface area contributed by atoms with Crippen LogP contribution in [0.2, 0.25) is 0 Å². The van der Waals surface area contributed by atoms with Crippen molar-refractivity contribution in [3.8, 4) is 0 Å². The zero-order valence-corrected chi connectivity index (χ0v) is 15.4. The number of fused-ring (bicyclic) bond motifs is 1. The highest BCUT2D eigenvalue weighted by atomic mass is 16.5. The summed E-state index contributed by atoms with van der Waals surface area (Å²) < 4.78 is 6.98. The number of para-hydroxylation sites is 1. The first kappa shape index (κ1) is 19.7. The molecule has 2 N–H and O–H groups in total. The molecule has 1 heterocycles. The van der Waals surface area contributed by atoms with Crippen LogP contribution in [-0.2, 0) is 16.6 Å². The van der Waals surface area contributed by atoms with Crippen LogP contribution in [-0.4, -0.2) is 39.8 Å². The molecule has 0 saturated heterocycles. The third kappa shape index (κ3) is 4.70. The van der Waals surface area contributed by atoms with Crippen LogP contribution in [0.4, 0.5) is 0 Å². The maximum Gasteiger partial charge on any atom is 0.326 e. The Kier molecular flexibility index (Phi) is 5.82. The van der Waals surface area contributed by atoms with E-state index in [2.05, 4.69) is 5.32 Å². The number of carbonyl (C=O) groups is 2. The minimum absolute atomic E-state index is 0.126. The molecule has 0 radical (unpaired) electrons. The van der Waals surface area contributed by atoms with Crippen LogP contribution in [0.25, 0.3) is 10.9 Å². The monoisotopic (exact) mass is 360 g/mol. The van der Waals surface area contributed by atoms with Gasteiger partial charge < -0.3 is 19.7 Å². The highest BCUT2D eigenvalue weighted by Gasteiger charge is 2.23. The van der Waals surface area contributed by atoms with E-state index in [-0.39, 0.29) is 24.2 Å². The van der Waals surface area contributed by atoms with Crippen LogP contribution >= 0.6 is 0 Å². The van der Waals surface area contributed by atoms with Crippen LogP contribution in [0.15, 0.2) is 35.1 Å². The first-order valence-electron chi connectivity index (χ1n) is 8.36. The molecule has 0 saturated carbocycles. The fraction of sp³-hybridized carbons (Fsp3) is 0.421. The van der Waals surface area contributed by atoms with E-state index in [0.29, 0.717) is 10.9 Å². The van der Waals surface area contributed by atoms with Gasteiger partial charge >= 0.3 is 5.97 Å². The van der Waals surface area contributed by atoms with Crippen molar-refractivity contribution in [3.63, 3.8) is 0 Å². The van der Waals surface area contributed by atoms with Gasteiger partial charge in [0.25, 0.3) is 11.5 Å². The molecule has 26 heavy (non-hydrogen) atoms. The molecular formula is C19H24N2O5. The molecule has 0 fully saturated rings. The van der Waals surface area contributed by atoms with Gasteiger partial charge in [0.1, 0.15) is 6.04 Å². The summed E-state index contributed by atoms with van der Waals surface area (Å²) in [5.74, 6) is -1.74. The predicted molar refractivity (Wildman–Crippen MR) is 98.4 cm³/mol. The largest absolute Gasteiger partial charge is 0.480 e. The van der Waals surface area contributed by atoms with Crippen LogP contribution in [0.1, 0.15) is 37.6 Å². The number of pyridine rings is 1. The lowest BCUT2D eigenvalue weighted by atomic mass is 10.1. The smallest absolute Gasteiger partial charge is 0.326 e. The molecule has 1 amide bonds. The number of nitrogens with zero attached hydrogens (tertiary/aromatic N) is 1. The minimum atomic E-state index is -1.15. The molecule has 7 nitrogen and oxygen atoms in total. The molecule has 1 atom stereocenters. The van der Waals surface area contributed by atoms with Gasteiger partial charge in [-0.1, -0.05) is 18.2 Å². The molecule has 0 spiro atoms. The van der Waals surface area contributed by atoms with Gasteiger partial charge in [-0.15, -0.1) is 0 Å². The Hall–Kier alpha value is -2.67. The zero-order valence-electron chi connectivity index (χ0n) is 15.4. The molecule has 0 bridgehead atoms. The zero-order chi connectivity index (χ0) is 19.5. The molecule has 2 rings (SSSR count). The van der Waals surface area contributed by atoms with E-state index in [0.717, 1.165) is 0 Å². The van der Waals surface area contributed by atoms with E-state index < -0.39 is 23.5 Å². The van der Waals surface area contributed by atoms with Crippen molar-refractivity contribution < 1.29 is 19.4 Å². The lowest BCUT2D eigenvalue weighted by molar-refractivity contribution is -0.140. The van der Waals surface area contributed by atoms with Crippen LogP contribution in [0.5, 0.6) is 0 Å². The maximum atomic E-state index is 12.6. The Bertz CT molecular complexity index is 880. The number of carboxylic acids is 1. The topological polar surface area (TPSA) is 97.6 Å². The molecule has 1 unspecified atom stereocenters. The van der Waals surface area contributed by atoms with Gasteiger partial charge in [0.05, 0.1) is 16.7 Å². The van der Waals surface area contributed by atoms with E-state index in [1.807, 2.05) is 20.8 Å². The number of aromatic nitrogens is 1. The third-order valence-corrected chi connectivity index (χ3v) is 3.94. The molecule has 0 aliphatic rings. The van der Waals surface area contributed by atoms with Crippen molar-refractivity contribution >= 4 is 22.8 Å². The van der Waals surface area contributed by atoms with Crippen molar-refractivity contribution in [2.24, 2.45) is 7.05 Å². The second-order valence-corrected chi connectivity index (χ2v) is 7.09. The average Bonchev–Trinajstić information content (AvgIpc) is 2.56. The number of aryl methyl sites for hydroxylation is 1. The summed E-state index contributed by atoms with van der Waals surface area (Å²) in [6.07, 6.45) is 0.126. The number of aliphatic carboxylic acids is 1. The van der Waals surface area contributed by atoms with Gasteiger partial charge in [0.15, 0.2) is 0 Å². The molecule has 2 aromatic rings. The highest BCUT2D eigenvalue weighted by molar-refractivity contribution is 6.07. The van der Waals surface area contributed by atoms with E-state index in [9.17, 15) is 19.5 Å². The Labute approximate surface area is 151 Å². The number of ether oxygens (including phenoxy) is 1. The molecule has 7 heteroatoms. The summed E-state index contributed by atoms with van der Waals surface area (Å²) in [6, 6.07) is 7.11. The number of nitrogens with one attached hydrogen (secondary N) is 1. The molecule has 0 aliphatic heterocycles. The fourth-order valence-corrected chi connectivity index (χ4v) is 2.57. The second kappa shape index (κ2) is 7.70. The normalized spacial score (nSPS) is 12.8. The maximum absolute atomic E-state index is 12.6. The Morgan fingerprint density at radius 2 is 1.92 bits per heavy atom. The first-order chi connectivity index (χ1) is 12.1. The molecule has 140 valence electrons. The summed E-state index contributed by atoms with van der Waals surface area (Å²) in [5.41, 5.74) is 0.0334. The third-order valence-electron chi connectivity index (χ3n) is 3.94. The predicted octanol–water partition coefficient (Wildman–Crippen LogP) is 1.93. The van der Waals surface area contributed by atoms with E-state index >= 15 is 0 Å². The lowest BCUT2D eigenvalue weighted by Gasteiger charge is -2.21. The summed E-state index contributed by atoms with van der Waals surface area (Å²) in [7, 11) is 1.62. The van der Waals surface area contributed by atoms with Crippen LogP contribution in [0, 0.1) is 0 Å². The first-order valence-corrected chi connectivity index (χ1v) is 8.36.